The zero-order valence-electron chi connectivity index (χ0n) is 19.5. The lowest BCUT2D eigenvalue weighted by Gasteiger charge is -2.33. The maximum atomic E-state index is 13.4. The molecule has 1 atom stereocenters. The van der Waals surface area contributed by atoms with Gasteiger partial charge in [0.25, 0.3) is 5.91 Å². The fraction of sp³-hybridized carbons (Fsp3) is 0.520. The molecule has 0 saturated carbocycles. The molecule has 8 nitrogen and oxygen atoms in total. The van der Waals surface area contributed by atoms with E-state index in [0.29, 0.717) is 18.5 Å². The zero-order valence-corrected chi connectivity index (χ0v) is 19.5. The number of carbonyl (C=O) groups excluding carboxylic acids is 2. The van der Waals surface area contributed by atoms with E-state index in [2.05, 4.69) is 17.3 Å². The third-order valence-corrected chi connectivity index (χ3v) is 7.06. The highest BCUT2D eigenvalue weighted by Gasteiger charge is 2.30. The fourth-order valence-electron chi connectivity index (χ4n) is 5.24. The molecule has 1 aromatic carbocycles. The Morgan fingerprint density at radius 1 is 1.12 bits per heavy atom. The van der Waals surface area contributed by atoms with Crippen LogP contribution in [0.2, 0.25) is 0 Å². The van der Waals surface area contributed by atoms with Crippen molar-refractivity contribution in [1.82, 2.24) is 19.8 Å². The Bertz CT molecular complexity index is 1050. The summed E-state index contributed by atoms with van der Waals surface area (Å²) in [4.78, 5) is 41.4. The molecule has 1 unspecified atom stereocenters. The van der Waals surface area contributed by atoms with Gasteiger partial charge in [-0.1, -0.05) is 6.07 Å². The van der Waals surface area contributed by atoms with Gasteiger partial charge in [-0.05, 0) is 44.5 Å². The predicted octanol–water partition coefficient (Wildman–Crippen LogP) is 2.65. The van der Waals surface area contributed by atoms with Gasteiger partial charge in [-0.3, -0.25) is 9.59 Å². The van der Waals surface area contributed by atoms with E-state index < -0.39 is 0 Å². The standard InChI is InChI=1S/C25H32N6O2/c1-26-24-20-16-29(2)13-10-21(20)27-23(28-24)18-7-4-11-30(15-18)25(33)17-6-3-8-19(14-17)31-12-5-9-22(31)32/h3,6,8,14,18H,4-5,7,9-13,15-16H2,1-2H3,(H,26,27,28). The number of fused-ring (bicyclic) bond motifs is 1. The lowest BCUT2D eigenvalue weighted by Crippen LogP contribution is -2.40. The van der Waals surface area contributed by atoms with E-state index in [9.17, 15) is 9.59 Å². The first-order valence-corrected chi connectivity index (χ1v) is 12.0. The molecule has 0 bridgehead atoms. The molecule has 2 aromatic rings. The summed E-state index contributed by atoms with van der Waals surface area (Å²) >= 11 is 0. The number of rotatable bonds is 4. The summed E-state index contributed by atoms with van der Waals surface area (Å²) in [5, 5.41) is 3.26. The summed E-state index contributed by atoms with van der Waals surface area (Å²) in [6.45, 7) is 3.93. The molecule has 5 rings (SSSR count). The molecule has 1 aromatic heterocycles. The van der Waals surface area contributed by atoms with E-state index in [4.69, 9.17) is 9.97 Å². The molecule has 2 fully saturated rings. The molecule has 2 saturated heterocycles. The van der Waals surface area contributed by atoms with Crippen LogP contribution in [0.15, 0.2) is 24.3 Å². The van der Waals surface area contributed by atoms with Crippen LogP contribution in [0.25, 0.3) is 0 Å². The number of nitrogens with zero attached hydrogens (tertiary/aromatic N) is 5. The van der Waals surface area contributed by atoms with Gasteiger partial charge in [0, 0.05) is 75.3 Å². The maximum Gasteiger partial charge on any atom is 0.253 e. The average Bonchev–Trinajstić information content (AvgIpc) is 3.29. The average molecular weight is 449 g/mol. The molecule has 2 amide bonds. The summed E-state index contributed by atoms with van der Waals surface area (Å²) < 4.78 is 0. The van der Waals surface area contributed by atoms with E-state index in [1.807, 2.05) is 36.2 Å². The Morgan fingerprint density at radius 3 is 2.79 bits per heavy atom. The van der Waals surface area contributed by atoms with E-state index in [1.165, 1.54) is 5.56 Å². The number of nitrogens with one attached hydrogen (secondary N) is 1. The molecule has 4 heterocycles. The Morgan fingerprint density at radius 2 is 2.00 bits per heavy atom. The van der Waals surface area contributed by atoms with Gasteiger partial charge in [-0.25, -0.2) is 9.97 Å². The summed E-state index contributed by atoms with van der Waals surface area (Å²) in [6.07, 6.45) is 4.29. The van der Waals surface area contributed by atoms with Crippen molar-refractivity contribution in [2.45, 2.75) is 44.6 Å². The van der Waals surface area contributed by atoms with Crippen molar-refractivity contribution in [3.63, 3.8) is 0 Å². The minimum atomic E-state index is 0.0154. The van der Waals surface area contributed by atoms with Crippen molar-refractivity contribution >= 4 is 23.3 Å². The second kappa shape index (κ2) is 9.09. The van der Waals surface area contributed by atoms with Crippen molar-refractivity contribution in [3.05, 3.63) is 46.9 Å². The Hall–Kier alpha value is -3.00. The van der Waals surface area contributed by atoms with E-state index in [0.717, 1.165) is 74.9 Å². The number of likely N-dealkylation sites (tertiary alicyclic amines) is 1. The summed E-state index contributed by atoms with van der Waals surface area (Å²) in [5.74, 6) is 2.03. The highest BCUT2D eigenvalue weighted by atomic mass is 16.2. The van der Waals surface area contributed by atoms with Crippen molar-refractivity contribution < 1.29 is 9.59 Å². The first kappa shape index (κ1) is 21.8. The second-order valence-electron chi connectivity index (χ2n) is 9.38. The van der Waals surface area contributed by atoms with Gasteiger partial charge >= 0.3 is 0 Å². The molecule has 3 aliphatic rings. The molecule has 33 heavy (non-hydrogen) atoms. The van der Waals surface area contributed by atoms with Crippen LogP contribution in [0.5, 0.6) is 0 Å². The van der Waals surface area contributed by atoms with Gasteiger partial charge in [0.05, 0.1) is 5.69 Å². The second-order valence-corrected chi connectivity index (χ2v) is 9.38. The number of hydrogen-bond acceptors (Lipinski definition) is 6. The molecule has 0 aliphatic carbocycles. The topological polar surface area (TPSA) is 81.7 Å². The number of amides is 2. The van der Waals surface area contributed by atoms with Crippen LogP contribution in [0.1, 0.15) is 59.0 Å². The molecule has 0 radical (unpaired) electrons. The summed E-state index contributed by atoms with van der Waals surface area (Å²) in [6, 6.07) is 7.50. The Balaban J connectivity index is 1.35. The third kappa shape index (κ3) is 4.31. The molecule has 1 N–H and O–H groups in total. The number of anilines is 2. The van der Waals surface area contributed by atoms with Gasteiger partial charge < -0.3 is 20.0 Å². The number of aromatic nitrogens is 2. The van der Waals surface area contributed by atoms with Crippen LogP contribution in [0.3, 0.4) is 0 Å². The number of benzene rings is 1. The smallest absolute Gasteiger partial charge is 0.253 e. The number of hydrogen-bond donors (Lipinski definition) is 1. The van der Waals surface area contributed by atoms with Gasteiger partial charge in [0.1, 0.15) is 11.6 Å². The number of likely N-dealkylation sites (N-methyl/N-ethyl adjacent to an activating group) is 1. The van der Waals surface area contributed by atoms with Crippen molar-refractivity contribution in [2.24, 2.45) is 0 Å². The molecular weight excluding hydrogens is 416 g/mol. The van der Waals surface area contributed by atoms with Crippen LogP contribution < -0.4 is 10.2 Å². The normalized spacial score (nSPS) is 21.3. The van der Waals surface area contributed by atoms with E-state index >= 15 is 0 Å². The lowest BCUT2D eigenvalue weighted by molar-refractivity contribution is -0.117. The monoisotopic (exact) mass is 448 g/mol. The van der Waals surface area contributed by atoms with E-state index in [1.54, 1.807) is 4.90 Å². The number of piperidine rings is 1. The minimum absolute atomic E-state index is 0.0154. The van der Waals surface area contributed by atoms with Crippen LogP contribution in [0.4, 0.5) is 11.5 Å². The largest absolute Gasteiger partial charge is 0.373 e. The molecule has 8 heteroatoms. The van der Waals surface area contributed by atoms with Crippen molar-refractivity contribution in [2.75, 3.05) is 50.5 Å². The van der Waals surface area contributed by atoms with Gasteiger partial charge in [-0.2, -0.15) is 0 Å². The molecule has 0 spiro atoms. The minimum Gasteiger partial charge on any atom is -0.373 e. The number of carbonyl (C=O) groups is 2. The van der Waals surface area contributed by atoms with Crippen molar-refractivity contribution in [3.8, 4) is 0 Å². The van der Waals surface area contributed by atoms with Crippen molar-refractivity contribution in [1.29, 1.82) is 0 Å². The van der Waals surface area contributed by atoms with Gasteiger partial charge in [0.15, 0.2) is 0 Å². The van der Waals surface area contributed by atoms with E-state index in [-0.39, 0.29) is 17.7 Å². The van der Waals surface area contributed by atoms with Crippen LogP contribution in [0, 0.1) is 0 Å². The quantitative estimate of drug-likeness (QED) is 0.775. The highest BCUT2D eigenvalue weighted by molar-refractivity contribution is 5.99. The molecule has 174 valence electrons. The molecule has 3 aliphatic heterocycles. The first-order chi connectivity index (χ1) is 16.0. The maximum absolute atomic E-state index is 13.4. The lowest BCUT2D eigenvalue weighted by atomic mass is 9.95. The van der Waals surface area contributed by atoms with Crippen LogP contribution in [-0.4, -0.2) is 71.9 Å². The Labute approximate surface area is 195 Å². The van der Waals surface area contributed by atoms with Crippen LogP contribution >= 0.6 is 0 Å². The molecular formula is C25H32N6O2. The summed E-state index contributed by atoms with van der Waals surface area (Å²) in [5.41, 5.74) is 3.78. The van der Waals surface area contributed by atoms with Gasteiger partial charge in [-0.15, -0.1) is 0 Å². The first-order valence-electron chi connectivity index (χ1n) is 12.0. The SMILES string of the molecule is CNc1nc(C2CCCN(C(=O)c3cccc(N4CCCC4=O)c3)C2)nc2c1CN(C)CC2. The Kier molecular flexibility index (Phi) is 6.01. The third-order valence-electron chi connectivity index (χ3n) is 7.06. The zero-order chi connectivity index (χ0) is 22.9. The van der Waals surface area contributed by atoms with Gasteiger partial charge in [0.2, 0.25) is 5.91 Å². The highest BCUT2D eigenvalue weighted by Crippen LogP contribution is 2.30. The van der Waals surface area contributed by atoms with Crippen LogP contribution in [-0.2, 0) is 17.8 Å². The summed E-state index contributed by atoms with van der Waals surface area (Å²) in [7, 11) is 4.03. The fourth-order valence-corrected chi connectivity index (χ4v) is 5.24. The predicted molar refractivity (Wildman–Crippen MR) is 128 cm³/mol.